The molecule has 0 radical (unpaired) electrons. The van der Waals surface area contributed by atoms with Crippen molar-refractivity contribution in [2.45, 2.75) is 53.1 Å². The Morgan fingerprint density at radius 2 is 1.26 bits per heavy atom. The Balaban J connectivity index is 2.03. The summed E-state index contributed by atoms with van der Waals surface area (Å²) in [5.41, 5.74) is -0.391. The fourth-order valence-electron chi connectivity index (χ4n) is 3.67. The first kappa shape index (κ1) is 32.8. The van der Waals surface area contributed by atoms with Gasteiger partial charge in [-0.05, 0) is 62.7 Å². The molecule has 10 nitrogen and oxygen atoms in total. The summed E-state index contributed by atoms with van der Waals surface area (Å²) in [7, 11) is 0. The number of hydrogen-bond donors (Lipinski definition) is 0. The predicted molar refractivity (Wildman–Crippen MR) is 157 cm³/mol. The molecule has 1 atom stereocenters. The number of benzene rings is 3. The van der Waals surface area contributed by atoms with Crippen molar-refractivity contribution in [1.82, 2.24) is 10.0 Å². The minimum absolute atomic E-state index is 0.0150. The van der Waals surface area contributed by atoms with Gasteiger partial charge in [0.25, 0.3) is 11.8 Å². The molecule has 11 heteroatoms. The van der Waals surface area contributed by atoms with Gasteiger partial charge in [0.15, 0.2) is 0 Å². The summed E-state index contributed by atoms with van der Waals surface area (Å²) in [6.45, 7) is 7.65. The topological polar surface area (TPSA) is 120 Å². The van der Waals surface area contributed by atoms with Crippen LogP contribution in [-0.2, 0) is 30.4 Å². The van der Waals surface area contributed by atoms with Crippen molar-refractivity contribution in [3.05, 3.63) is 107 Å². The Morgan fingerprint density at radius 1 is 0.721 bits per heavy atom. The number of rotatable bonds is 8. The maximum atomic E-state index is 13.9. The molecule has 0 aromatic heterocycles. The number of nitrogens with zero attached hydrogens (tertiary/aromatic N) is 2. The Labute approximate surface area is 255 Å². The highest BCUT2D eigenvalue weighted by Crippen LogP contribution is 2.25. The summed E-state index contributed by atoms with van der Waals surface area (Å²) in [4.78, 5) is 67.1. The molecule has 43 heavy (non-hydrogen) atoms. The Morgan fingerprint density at radius 3 is 1.79 bits per heavy atom. The number of carbonyl (C=O) groups is 5. The summed E-state index contributed by atoms with van der Waals surface area (Å²) < 4.78 is 15.8. The fraction of sp³-hybridized carbons (Fsp3) is 0.281. The molecule has 0 saturated carbocycles. The second-order valence-corrected chi connectivity index (χ2v) is 11.1. The smallest absolute Gasteiger partial charge is 0.440 e. The molecule has 0 aliphatic rings. The summed E-state index contributed by atoms with van der Waals surface area (Å²) in [6.07, 6.45) is -3.64. The summed E-state index contributed by atoms with van der Waals surface area (Å²) in [5, 5.41) is 1.72. The molecule has 0 saturated heterocycles. The Hall–Kier alpha value is -4.70. The highest BCUT2D eigenvalue weighted by molar-refractivity contribution is 6.30. The molecular weight excluding hydrogens is 576 g/mol. The van der Waals surface area contributed by atoms with Gasteiger partial charge < -0.3 is 14.2 Å². The van der Waals surface area contributed by atoms with Gasteiger partial charge in [-0.2, -0.15) is 0 Å². The molecule has 0 bridgehead atoms. The number of hydrazine groups is 1. The molecule has 226 valence electrons. The van der Waals surface area contributed by atoms with Crippen molar-refractivity contribution < 1.29 is 38.2 Å². The van der Waals surface area contributed by atoms with E-state index in [0.29, 0.717) is 15.6 Å². The minimum Gasteiger partial charge on any atom is -0.455 e. The average Bonchev–Trinajstić information content (AvgIpc) is 2.98. The molecule has 0 spiro atoms. The van der Waals surface area contributed by atoms with E-state index in [1.165, 1.54) is 50.2 Å². The first-order valence-electron chi connectivity index (χ1n) is 13.4. The van der Waals surface area contributed by atoms with E-state index in [-0.39, 0.29) is 17.7 Å². The molecule has 0 fully saturated rings. The van der Waals surface area contributed by atoms with Crippen molar-refractivity contribution in [1.29, 1.82) is 0 Å². The lowest BCUT2D eigenvalue weighted by Crippen LogP contribution is -2.61. The van der Waals surface area contributed by atoms with Gasteiger partial charge in [0, 0.05) is 16.1 Å². The molecule has 3 rings (SSSR count). The monoisotopic (exact) mass is 608 g/mol. The van der Waals surface area contributed by atoms with Crippen molar-refractivity contribution in [2.24, 2.45) is 5.92 Å². The first-order valence-corrected chi connectivity index (χ1v) is 13.8. The number of halogens is 1. The number of amides is 3. The SMILES string of the molecule is CC(C)C(=O)OC(OC(=O)N(C(=O)c1ccc(Cl)cc1)N(C(=O)c1ccccc1)C(C)(C)C)C(=O)OCc1ccccc1. The van der Waals surface area contributed by atoms with E-state index in [4.69, 9.17) is 25.8 Å². The van der Waals surface area contributed by atoms with Gasteiger partial charge in [0.1, 0.15) is 6.61 Å². The van der Waals surface area contributed by atoms with Gasteiger partial charge >= 0.3 is 24.3 Å². The van der Waals surface area contributed by atoms with E-state index in [0.717, 1.165) is 5.01 Å². The predicted octanol–water partition coefficient (Wildman–Crippen LogP) is 6.04. The number of ether oxygens (including phenoxy) is 3. The summed E-state index contributed by atoms with van der Waals surface area (Å²) in [5.74, 6) is -4.43. The molecule has 0 heterocycles. The van der Waals surface area contributed by atoms with Crippen LogP contribution in [0.15, 0.2) is 84.9 Å². The van der Waals surface area contributed by atoms with Gasteiger partial charge in [-0.1, -0.05) is 74.0 Å². The van der Waals surface area contributed by atoms with E-state index in [1.807, 2.05) is 0 Å². The Kier molecular flexibility index (Phi) is 11.0. The van der Waals surface area contributed by atoms with Crippen LogP contribution in [0.3, 0.4) is 0 Å². The maximum absolute atomic E-state index is 13.9. The number of imide groups is 1. The normalized spacial score (nSPS) is 11.7. The summed E-state index contributed by atoms with van der Waals surface area (Å²) in [6, 6.07) is 22.3. The maximum Gasteiger partial charge on any atom is 0.440 e. The van der Waals surface area contributed by atoms with E-state index in [9.17, 15) is 24.0 Å². The lowest BCUT2D eigenvalue weighted by Gasteiger charge is -2.41. The van der Waals surface area contributed by atoms with Crippen LogP contribution in [-0.4, -0.2) is 51.7 Å². The number of hydrogen-bond acceptors (Lipinski definition) is 8. The van der Waals surface area contributed by atoms with Gasteiger partial charge in [-0.3, -0.25) is 14.4 Å². The molecule has 0 aliphatic carbocycles. The second kappa shape index (κ2) is 14.5. The molecule has 3 aromatic rings. The van der Waals surface area contributed by atoms with Crippen LogP contribution in [0.5, 0.6) is 0 Å². The van der Waals surface area contributed by atoms with Crippen LogP contribution in [0, 0.1) is 5.92 Å². The largest absolute Gasteiger partial charge is 0.455 e. The third-order valence-electron chi connectivity index (χ3n) is 5.82. The fourth-order valence-corrected chi connectivity index (χ4v) is 3.79. The van der Waals surface area contributed by atoms with Gasteiger partial charge in [-0.15, -0.1) is 5.01 Å². The third-order valence-corrected chi connectivity index (χ3v) is 6.08. The molecule has 0 aliphatic heterocycles. The third kappa shape index (κ3) is 8.89. The second-order valence-electron chi connectivity index (χ2n) is 10.7. The van der Waals surface area contributed by atoms with Crippen LogP contribution in [0.25, 0.3) is 0 Å². The lowest BCUT2D eigenvalue weighted by molar-refractivity contribution is -0.196. The van der Waals surface area contributed by atoms with E-state index in [1.54, 1.807) is 69.3 Å². The van der Waals surface area contributed by atoms with Crippen molar-refractivity contribution >= 4 is 41.4 Å². The first-order chi connectivity index (χ1) is 20.3. The van der Waals surface area contributed by atoms with Crippen LogP contribution >= 0.6 is 11.6 Å². The van der Waals surface area contributed by atoms with Crippen LogP contribution < -0.4 is 0 Å². The zero-order valence-corrected chi connectivity index (χ0v) is 25.2. The minimum atomic E-state index is -2.18. The quantitative estimate of drug-likeness (QED) is 0.172. The summed E-state index contributed by atoms with van der Waals surface area (Å²) >= 11 is 5.99. The number of esters is 2. The molecule has 3 aromatic carbocycles. The van der Waals surface area contributed by atoms with Crippen LogP contribution in [0.4, 0.5) is 4.79 Å². The zero-order valence-electron chi connectivity index (χ0n) is 24.5. The van der Waals surface area contributed by atoms with Crippen LogP contribution in [0.1, 0.15) is 60.9 Å². The Bertz CT molecular complexity index is 1440. The highest BCUT2D eigenvalue weighted by Gasteiger charge is 2.43. The molecule has 1 unspecified atom stereocenters. The molecule has 3 amide bonds. The standard InChI is InChI=1S/C32H33ClN2O8/c1-21(2)28(38)42-30(29(39)41-20-22-12-8-6-9-13-22)43-31(40)34(26(36)24-16-18-25(33)19-17-24)35(32(3,4)5)27(37)23-14-10-7-11-15-23/h6-19,21,30H,20H2,1-5H3. The van der Waals surface area contributed by atoms with Gasteiger partial charge in [0.05, 0.1) is 11.5 Å². The van der Waals surface area contributed by atoms with Crippen molar-refractivity contribution in [3.8, 4) is 0 Å². The highest BCUT2D eigenvalue weighted by atomic mass is 35.5. The van der Waals surface area contributed by atoms with Gasteiger partial charge in [-0.25, -0.2) is 14.6 Å². The number of carbonyl (C=O) groups excluding carboxylic acids is 5. The molecule has 0 N–H and O–H groups in total. The van der Waals surface area contributed by atoms with Crippen molar-refractivity contribution in [2.75, 3.05) is 0 Å². The van der Waals surface area contributed by atoms with Crippen molar-refractivity contribution in [3.63, 3.8) is 0 Å². The zero-order chi connectivity index (χ0) is 31.7. The van der Waals surface area contributed by atoms with Crippen LogP contribution in [0.2, 0.25) is 5.02 Å². The molecular formula is C32H33ClN2O8. The van der Waals surface area contributed by atoms with E-state index >= 15 is 0 Å². The lowest BCUT2D eigenvalue weighted by atomic mass is 10.1. The van der Waals surface area contributed by atoms with E-state index in [2.05, 4.69) is 0 Å². The average molecular weight is 609 g/mol. The van der Waals surface area contributed by atoms with E-state index < -0.39 is 47.6 Å². The van der Waals surface area contributed by atoms with Gasteiger partial charge in [0.2, 0.25) is 0 Å².